The third-order valence-corrected chi connectivity index (χ3v) is 2.53. The molecule has 0 amide bonds. The van der Waals surface area contributed by atoms with Crippen molar-refractivity contribution in [2.75, 3.05) is 5.75 Å². The van der Waals surface area contributed by atoms with Gasteiger partial charge in [-0.3, -0.25) is 0 Å². The van der Waals surface area contributed by atoms with Crippen LogP contribution in [0.3, 0.4) is 0 Å². The Labute approximate surface area is 113 Å². The molecule has 90 valence electrons. The highest BCUT2D eigenvalue weighted by molar-refractivity contribution is 7.80. The van der Waals surface area contributed by atoms with E-state index < -0.39 is 0 Å². The van der Waals surface area contributed by atoms with Gasteiger partial charge < -0.3 is 4.74 Å². The summed E-state index contributed by atoms with van der Waals surface area (Å²) < 4.78 is 5.70. The van der Waals surface area contributed by atoms with Gasteiger partial charge in [0.15, 0.2) is 0 Å². The van der Waals surface area contributed by atoms with E-state index in [1.807, 2.05) is 54.6 Å². The van der Waals surface area contributed by atoms with Gasteiger partial charge >= 0.3 is 0 Å². The van der Waals surface area contributed by atoms with Gasteiger partial charge in [-0.15, -0.1) is 0 Å². The first-order valence-electron chi connectivity index (χ1n) is 5.81. The van der Waals surface area contributed by atoms with Crippen LogP contribution in [0.2, 0.25) is 0 Å². The number of para-hydroxylation sites is 1. The molecule has 2 aromatic carbocycles. The molecule has 2 aromatic rings. The van der Waals surface area contributed by atoms with Gasteiger partial charge in [0, 0.05) is 17.7 Å². The number of benzene rings is 2. The second-order valence-electron chi connectivity index (χ2n) is 3.71. The summed E-state index contributed by atoms with van der Waals surface area (Å²) in [6.07, 6.45) is 0.811. The van der Waals surface area contributed by atoms with Crippen molar-refractivity contribution in [3.8, 4) is 23.3 Å². The molecule has 0 atom stereocenters. The fourth-order valence-electron chi connectivity index (χ4n) is 1.45. The van der Waals surface area contributed by atoms with Crippen LogP contribution in [0.1, 0.15) is 12.0 Å². The minimum Gasteiger partial charge on any atom is -0.457 e. The first-order chi connectivity index (χ1) is 8.88. The average Bonchev–Trinajstić information content (AvgIpc) is 2.42. The quantitative estimate of drug-likeness (QED) is 0.639. The van der Waals surface area contributed by atoms with E-state index in [9.17, 15) is 0 Å². The molecule has 0 heterocycles. The Balaban J connectivity index is 2.02. The molecule has 0 bridgehead atoms. The van der Waals surface area contributed by atoms with Gasteiger partial charge in [-0.05, 0) is 36.4 Å². The highest BCUT2D eigenvalue weighted by Gasteiger charge is 1.95. The van der Waals surface area contributed by atoms with E-state index in [0.717, 1.165) is 29.2 Å². The molecule has 2 rings (SSSR count). The lowest BCUT2D eigenvalue weighted by Gasteiger charge is -2.04. The van der Waals surface area contributed by atoms with E-state index in [2.05, 4.69) is 24.5 Å². The molecular formula is C16H14OS. The summed E-state index contributed by atoms with van der Waals surface area (Å²) in [4.78, 5) is 0. The Hall–Kier alpha value is -1.85. The van der Waals surface area contributed by atoms with Crippen molar-refractivity contribution in [3.05, 3.63) is 60.2 Å². The van der Waals surface area contributed by atoms with Crippen LogP contribution in [-0.2, 0) is 0 Å². The molecule has 1 nitrogen and oxygen atoms in total. The molecule has 18 heavy (non-hydrogen) atoms. The van der Waals surface area contributed by atoms with Gasteiger partial charge in [-0.25, -0.2) is 0 Å². The number of ether oxygens (including phenoxy) is 1. The van der Waals surface area contributed by atoms with Crippen LogP contribution in [0.25, 0.3) is 0 Å². The minimum atomic E-state index is 0.794. The molecule has 2 heteroatoms. The molecular weight excluding hydrogens is 240 g/mol. The first kappa shape index (κ1) is 12.6. The topological polar surface area (TPSA) is 9.23 Å². The second-order valence-corrected chi connectivity index (χ2v) is 4.16. The molecule has 0 saturated carbocycles. The first-order valence-corrected chi connectivity index (χ1v) is 6.44. The summed E-state index contributed by atoms with van der Waals surface area (Å²) in [6, 6.07) is 17.5. The van der Waals surface area contributed by atoms with Crippen molar-refractivity contribution in [3.63, 3.8) is 0 Å². The zero-order valence-corrected chi connectivity index (χ0v) is 10.9. The lowest BCUT2D eigenvalue weighted by molar-refractivity contribution is 0.482. The molecule has 0 spiro atoms. The van der Waals surface area contributed by atoms with Gasteiger partial charge in [0.2, 0.25) is 0 Å². The van der Waals surface area contributed by atoms with Crippen molar-refractivity contribution >= 4 is 12.6 Å². The van der Waals surface area contributed by atoms with Crippen molar-refractivity contribution in [1.82, 2.24) is 0 Å². The van der Waals surface area contributed by atoms with E-state index in [1.165, 1.54) is 0 Å². The van der Waals surface area contributed by atoms with Gasteiger partial charge in [0.1, 0.15) is 11.5 Å². The van der Waals surface area contributed by atoms with Gasteiger partial charge in [0.05, 0.1) is 0 Å². The van der Waals surface area contributed by atoms with Crippen molar-refractivity contribution < 1.29 is 4.74 Å². The molecule has 0 saturated heterocycles. The lowest BCUT2D eigenvalue weighted by Crippen LogP contribution is -1.83. The molecule has 0 aromatic heterocycles. The van der Waals surface area contributed by atoms with Gasteiger partial charge in [-0.1, -0.05) is 30.0 Å². The Morgan fingerprint density at radius 2 is 1.56 bits per heavy atom. The van der Waals surface area contributed by atoms with Crippen LogP contribution in [-0.4, -0.2) is 5.75 Å². The monoisotopic (exact) mass is 254 g/mol. The SMILES string of the molecule is SCCC#Cc1ccc(Oc2ccccc2)cc1. The smallest absolute Gasteiger partial charge is 0.127 e. The standard InChI is InChI=1S/C16H14OS/c18-13-5-4-6-14-9-11-16(12-10-14)17-15-7-2-1-3-8-15/h1-3,7-12,18H,5,13H2. The largest absolute Gasteiger partial charge is 0.457 e. The summed E-state index contributed by atoms with van der Waals surface area (Å²) in [7, 11) is 0. The van der Waals surface area contributed by atoms with Gasteiger partial charge in [-0.2, -0.15) is 12.6 Å². The molecule has 0 radical (unpaired) electrons. The van der Waals surface area contributed by atoms with E-state index >= 15 is 0 Å². The van der Waals surface area contributed by atoms with Crippen LogP contribution in [0.4, 0.5) is 0 Å². The molecule has 0 aliphatic carbocycles. The molecule has 0 aliphatic heterocycles. The average molecular weight is 254 g/mol. The summed E-state index contributed by atoms with van der Waals surface area (Å²) in [5.74, 6) is 8.59. The molecule has 0 unspecified atom stereocenters. The maximum atomic E-state index is 5.70. The highest BCUT2D eigenvalue weighted by Crippen LogP contribution is 2.20. The normalized spacial score (nSPS) is 9.39. The minimum absolute atomic E-state index is 0.794. The molecule has 0 fully saturated rings. The third-order valence-electron chi connectivity index (χ3n) is 2.30. The summed E-state index contributed by atoms with van der Waals surface area (Å²) >= 11 is 4.12. The van der Waals surface area contributed by atoms with Crippen molar-refractivity contribution in [2.45, 2.75) is 6.42 Å². The maximum absolute atomic E-state index is 5.70. The van der Waals surface area contributed by atoms with Crippen molar-refractivity contribution in [2.24, 2.45) is 0 Å². The van der Waals surface area contributed by atoms with Crippen LogP contribution in [0.15, 0.2) is 54.6 Å². The number of hydrogen-bond donors (Lipinski definition) is 1. The summed E-state index contributed by atoms with van der Waals surface area (Å²) in [5, 5.41) is 0. The fraction of sp³-hybridized carbons (Fsp3) is 0.125. The maximum Gasteiger partial charge on any atom is 0.127 e. The Bertz CT molecular complexity index is 535. The third kappa shape index (κ3) is 3.87. The fourth-order valence-corrected chi connectivity index (χ4v) is 1.56. The number of hydrogen-bond acceptors (Lipinski definition) is 2. The lowest BCUT2D eigenvalue weighted by atomic mass is 10.2. The second kappa shape index (κ2) is 6.78. The van der Waals surface area contributed by atoms with E-state index in [4.69, 9.17) is 4.74 Å². The summed E-state index contributed by atoms with van der Waals surface area (Å²) in [6.45, 7) is 0. The zero-order valence-electron chi connectivity index (χ0n) is 9.97. The zero-order chi connectivity index (χ0) is 12.6. The van der Waals surface area contributed by atoms with Gasteiger partial charge in [0.25, 0.3) is 0 Å². The Kier molecular flexibility index (Phi) is 4.75. The molecule has 0 N–H and O–H groups in total. The predicted octanol–water partition coefficient (Wildman–Crippen LogP) is 4.15. The number of rotatable bonds is 3. The van der Waals surface area contributed by atoms with Crippen molar-refractivity contribution in [1.29, 1.82) is 0 Å². The Morgan fingerprint density at radius 3 is 2.22 bits per heavy atom. The Morgan fingerprint density at radius 1 is 0.889 bits per heavy atom. The van der Waals surface area contributed by atoms with Crippen LogP contribution in [0, 0.1) is 11.8 Å². The van der Waals surface area contributed by atoms with E-state index in [1.54, 1.807) is 0 Å². The number of thiol groups is 1. The van der Waals surface area contributed by atoms with Crippen LogP contribution in [0.5, 0.6) is 11.5 Å². The van der Waals surface area contributed by atoms with E-state index in [0.29, 0.717) is 0 Å². The van der Waals surface area contributed by atoms with Crippen LogP contribution < -0.4 is 4.74 Å². The summed E-state index contributed by atoms with van der Waals surface area (Å²) in [5.41, 5.74) is 0.997. The predicted molar refractivity (Wildman–Crippen MR) is 78.3 cm³/mol. The highest BCUT2D eigenvalue weighted by atomic mass is 32.1. The molecule has 0 aliphatic rings. The van der Waals surface area contributed by atoms with E-state index in [-0.39, 0.29) is 0 Å². The van der Waals surface area contributed by atoms with Crippen LogP contribution >= 0.6 is 12.6 Å².